The number of nitrogens with zero attached hydrogens (tertiary/aromatic N) is 1. The Labute approximate surface area is 187 Å². The molecule has 13 heteroatoms. The Hall–Kier alpha value is -3.42. The molecule has 7 nitrogen and oxygen atoms in total. The molecule has 0 fully saturated rings. The van der Waals surface area contributed by atoms with Crippen molar-refractivity contribution in [2.24, 2.45) is 0 Å². The molecule has 0 amide bonds. The van der Waals surface area contributed by atoms with Gasteiger partial charge in [-0.2, -0.15) is 21.6 Å². The number of fused-ring (bicyclic) bond motifs is 6. The standard InChI is InChI=1S/C21H14F5N3O4S/c22-10-1-3-16-12(7-10)14-9-15-13-8-11(23)2-4-17(13)28-19(15)20(18(14)27-16)33-6-5-29(21(24,25)26)34(30,31)32/h1-4,7-9,27-28H,5-6H2,(H,30,31,32). The van der Waals surface area contributed by atoms with E-state index >= 15 is 0 Å². The predicted octanol–water partition coefficient (Wildman–Crippen LogP) is 5.24. The van der Waals surface area contributed by atoms with Gasteiger partial charge in [-0.15, -0.1) is 0 Å². The van der Waals surface area contributed by atoms with E-state index in [-0.39, 0.29) is 5.75 Å². The summed E-state index contributed by atoms with van der Waals surface area (Å²) in [5.74, 6) is -1.01. The quantitative estimate of drug-likeness (QED) is 0.175. The van der Waals surface area contributed by atoms with Crippen LogP contribution in [0.1, 0.15) is 0 Å². The van der Waals surface area contributed by atoms with Crippen LogP contribution in [0.25, 0.3) is 43.6 Å². The number of ether oxygens (including phenoxy) is 1. The molecule has 3 aromatic carbocycles. The summed E-state index contributed by atoms with van der Waals surface area (Å²) in [7, 11) is -5.58. The van der Waals surface area contributed by atoms with E-state index in [1.807, 2.05) is 0 Å². The number of benzene rings is 3. The number of halogens is 5. The monoisotopic (exact) mass is 499 g/mol. The molecule has 0 radical (unpaired) electrons. The first-order valence-corrected chi connectivity index (χ1v) is 11.1. The van der Waals surface area contributed by atoms with Gasteiger partial charge < -0.3 is 14.7 Å². The first-order valence-electron chi connectivity index (χ1n) is 9.73. The van der Waals surface area contributed by atoms with Crippen molar-refractivity contribution in [2.45, 2.75) is 6.30 Å². The summed E-state index contributed by atoms with van der Waals surface area (Å²) >= 11 is 0. The number of H-pyrrole nitrogens is 2. The van der Waals surface area contributed by atoms with Crippen molar-refractivity contribution in [3.63, 3.8) is 0 Å². The molecule has 0 spiro atoms. The fourth-order valence-corrected chi connectivity index (χ4v) is 4.61. The van der Waals surface area contributed by atoms with Crippen molar-refractivity contribution in [3.8, 4) is 5.75 Å². The van der Waals surface area contributed by atoms with Crippen LogP contribution in [-0.4, -0.2) is 46.7 Å². The minimum Gasteiger partial charge on any atom is -0.488 e. The Morgan fingerprint density at radius 3 is 1.79 bits per heavy atom. The van der Waals surface area contributed by atoms with E-state index in [1.165, 1.54) is 36.4 Å². The number of alkyl halides is 3. The third-order valence-electron chi connectivity index (χ3n) is 5.45. The Morgan fingerprint density at radius 2 is 1.35 bits per heavy atom. The van der Waals surface area contributed by atoms with Crippen LogP contribution in [0.3, 0.4) is 0 Å². The molecule has 0 unspecified atom stereocenters. The molecular weight excluding hydrogens is 485 g/mol. The van der Waals surface area contributed by atoms with Gasteiger partial charge in [0.1, 0.15) is 18.2 Å². The summed E-state index contributed by atoms with van der Waals surface area (Å²) in [6.07, 6.45) is -5.37. The topological polar surface area (TPSA) is 98.4 Å². The van der Waals surface area contributed by atoms with Crippen LogP contribution in [0.4, 0.5) is 22.0 Å². The van der Waals surface area contributed by atoms with Crippen molar-refractivity contribution < 1.29 is 39.7 Å². The zero-order valence-corrected chi connectivity index (χ0v) is 17.7. The lowest BCUT2D eigenvalue weighted by Crippen LogP contribution is -2.44. The van der Waals surface area contributed by atoms with Crippen molar-refractivity contribution in [1.29, 1.82) is 0 Å². The molecule has 3 N–H and O–H groups in total. The van der Waals surface area contributed by atoms with Crippen molar-refractivity contribution in [3.05, 3.63) is 54.1 Å². The summed E-state index contributed by atoms with van der Waals surface area (Å²) in [5.41, 5.74) is 1.65. The van der Waals surface area contributed by atoms with Crippen LogP contribution < -0.4 is 4.74 Å². The lowest BCUT2D eigenvalue weighted by Gasteiger charge is -2.21. The van der Waals surface area contributed by atoms with E-state index < -0.39 is 45.7 Å². The highest BCUT2D eigenvalue weighted by Gasteiger charge is 2.45. The molecule has 34 heavy (non-hydrogen) atoms. The number of hydrogen-bond donors (Lipinski definition) is 3. The Bertz CT molecular complexity index is 1600. The van der Waals surface area contributed by atoms with E-state index in [4.69, 9.17) is 9.29 Å². The molecule has 0 saturated heterocycles. The van der Waals surface area contributed by atoms with Crippen LogP contribution >= 0.6 is 0 Å². The smallest absolute Gasteiger partial charge is 0.475 e. The summed E-state index contributed by atoms with van der Waals surface area (Å²) < 4.78 is 103. The van der Waals surface area contributed by atoms with Gasteiger partial charge in [-0.1, -0.05) is 4.31 Å². The highest BCUT2D eigenvalue weighted by atomic mass is 32.2. The predicted molar refractivity (Wildman–Crippen MR) is 115 cm³/mol. The van der Waals surface area contributed by atoms with Crippen molar-refractivity contribution in [1.82, 2.24) is 14.3 Å². The molecule has 0 atom stereocenters. The van der Waals surface area contributed by atoms with Gasteiger partial charge in [0.15, 0.2) is 5.75 Å². The fourth-order valence-electron chi connectivity index (χ4n) is 4.05. The molecule has 5 aromatic rings. The van der Waals surface area contributed by atoms with Crippen molar-refractivity contribution in [2.75, 3.05) is 13.2 Å². The van der Waals surface area contributed by atoms with Gasteiger partial charge in [-0.3, -0.25) is 4.55 Å². The average Bonchev–Trinajstić information content (AvgIpc) is 3.26. The van der Waals surface area contributed by atoms with Crippen molar-refractivity contribution >= 4 is 53.9 Å². The maximum absolute atomic E-state index is 13.9. The van der Waals surface area contributed by atoms with Crippen LogP contribution in [0.15, 0.2) is 42.5 Å². The lowest BCUT2D eigenvalue weighted by atomic mass is 10.1. The van der Waals surface area contributed by atoms with Gasteiger partial charge >= 0.3 is 16.6 Å². The van der Waals surface area contributed by atoms with E-state index in [1.54, 1.807) is 6.07 Å². The third kappa shape index (κ3) is 3.71. The number of hydrogen-bond acceptors (Lipinski definition) is 3. The Morgan fingerprint density at radius 1 is 0.853 bits per heavy atom. The molecule has 2 aromatic heterocycles. The summed E-state index contributed by atoms with van der Waals surface area (Å²) in [6.45, 7) is -2.02. The van der Waals surface area contributed by atoms with E-state index in [9.17, 15) is 30.4 Å². The van der Waals surface area contributed by atoms with Gasteiger partial charge in [0.05, 0.1) is 17.6 Å². The normalized spacial score (nSPS) is 13.1. The molecule has 178 valence electrons. The Balaban J connectivity index is 1.69. The van der Waals surface area contributed by atoms with Gasteiger partial charge in [-0.05, 0) is 42.5 Å². The molecule has 0 aliphatic carbocycles. The highest BCUT2D eigenvalue weighted by molar-refractivity contribution is 7.83. The average molecular weight is 499 g/mol. The summed E-state index contributed by atoms with van der Waals surface area (Å²) in [4.78, 5) is 6.06. The maximum atomic E-state index is 13.9. The van der Waals surface area contributed by atoms with Crippen LogP contribution in [-0.2, 0) is 10.3 Å². The zero-order valence-electron chi connectivity index (χ0n) is 16.9. The molecule has 5 rings (SSSR count). The molecule has 0 saturated carbocycles. The minimum atomic E-state index is -5.58. The van der Waals surface area contributed by atoms with E-state index in [0.29, 0.717) is 43.6 Å². The minimum absolute atomic E-state index is 0.0261. The van der Waals surface area contributed by atoms with E-state index in [0.717, 1.165) is 0 Å². The summed E-state index contributed by atoms with van der Waals surface area (Å²) in [5, 5.41) is 1.85. The first-order chi connectivity index (χ1) is 15.9. The molecule has 0 aliphatic heterocycles. The maximum Gasteiger partial charge on any atom is 0.475 e. The third-order valence-corrected chi connectivity index (χ3v) is 6.39. The molecular formula is C21H14F5N3O4S. The Kier molecular flexibility index (Phi) is 4.97. The summed E-state index contributed by atoms with van der Waals surface area (Å²) in [6, 6.07) is 9.61. The van der Waals surface area contributed by atoms with Gasteiger partial charge in [0.2, 0.25) is 0 Å². The molecule has 2 heterocycles. The highest BCUT2D eigenvalue weighted by Crippen LogP contribution is 2.41. The first kappa shape index (κ1) is 22.4. The molecule has 0 aliphatic rings. The van der Waals surface area contributed by atoms with Gasteiger partial charge in [-0.25, -0.2) is 8.78 Å². The lowest BCUT2D eigenvalue weighted by molar-refractivity contribution is -0.213. The van der Waals surface area contributed by atoms with Gasteiger partial charge in [0, 0.05) is 32.6 Å². The number of aromatic nitrogens is 2. The van der Waals surface area contributed by atoms with Crippen LogP contribution in [0.2, 0.25) is 0 Å². The number of rotatable bonds is 5. The zero-order chi connectivity index (χ0) is 24.4. The van der Waals surface area contributed by atoms with Gasteiger partial charge in [0.25, 0.3) is 0 Å². The molecule has 0 bridgehead atoms. The fraction of sp³-hybridized carbons (Fsp3) is 0.143. The van der Waals surface area contributed by atoms with Crippen LogP contribution in [0.5, 0.6) is 5.75 Å². The van der Waals surface area contributed by atoms with E-state index in [2.05, 4.69) is 9.97 Å². The van der Waals surface area contributed by atoms with Crippen LogP contribution in [0, 0.1) is 11.6 Å². The second kappa shape index (κ2) is 7.55. The number of aromatic amines is 2. The SMILES string of the molecule is O=S(=O)(O)N(CCOc1c2[nH]c3ccc(F)cc3c2cc2c1[nH]c1ccc(F)cc12)C(F)(F)F. The number of nitrogens with one attached hydrogen (secondary N) is 2. The second-order valence-electron chi connectivity index (χ2n) is 7.55. The second-order valence-corrected chi connectivity index (χ2v) is 8.88. The largest absolute Gasteiger partial charge is 0.488 e.